The van der Waals surface area contributed by atoms with Crippen molar-refractivity contribution in [2.45, 2.75) is 23.5 Å². The van der Waals surface area contributed by atoms with Crippen LogP contribution in [0.1, 0.15) is 25.1 Å². The Morgan fingerprint density at radius 3 is 2.56 bits per heavy atom. The van der Waals surface area contributed by atoms with E-state index in [0.29, 0.717) is 0 Å². The van der Waals surface area contributed by atoms with Crippen molar-refractivity contribution in [2.75, 3.05) is 0 Å². The highest BCUT2D eigenvalue weighted by Gasteiger charge is 2.66. The summed E-state index contributed by atoms with van der Waals surface area (Å²) < 4.78 is 0.763. The molecule has 1 fully saturated rings. The lowest BCUT2D eigenvalue weighted by Gasteiger charge is -2.10. The molecular formula is C11H11Br3N2OS. The zero-order valence-electron chi connectivity index (χ0n) is 9.76. The van der Waals surface area contributed by atoms with E-state index in [-0.39, 0.29) is 9.14 Å². The second-order valence-electron chi connectivity index (χ2n) is 4.46. The van der Waals surface area contributed by atoms with Crippen LogP contribution in [-0.2, 0) is 4.79 Å². The van der Waals surface area contributed by atoms with Gasteiger partial charge in [0, 0.05) is 0 Å². The predicted molar refractivity (Wildman–Crippen MR) is 85.7 cm³/mol. The van der Waals surface area contributed by atoms with Gasteiger partial charge in [0.1, 0.15) is 0 Å². The molecule has 1 amide bonds. The Hall–Kier alpha value is 0.280. The molecule has 0 saturated heterocycles. The monoisotopic (exact) mass is 456 g/mol. The highest BCUT2D eigenvalue weighted by atomic mass is 79.9. The fourth-order valence-corrected chi connectivity index (χ4v) is 4.28. The van der Waals surface area contributed by atoms with Crippen LogP contribution in [0.2, 0.25) is 0 Å². The van der Waals surface area contributed by atoms with Gasteiger partial charge in [-0.2, -0.15) is 5.10 Å². The SMILES string of the molecule is C/C(=N/NC(=O)[C@]1(C)CC1(Br)Br)c1ccc(Br)s1. The molecule has 1 atom stereocenters. The van der Waals surface area contributed by atoms with Gasteiger partial charge >= 0.3 is 0 Å². The summed E-state index contributed by atoms with van der Waals surface area (Å²) in [7, 11) is 0. The number of thiophene rings is 1. The zero-order chi connectivity index (χ0) is 13.6. The minimum Gasteiger partial charge on any atom is -0.272 e. The van der Waals surface area contributed by atoms with Gasteiger partial charge in [-0.3, -0.25) is 4.79 Å². The topological polar surface area (TPSA) is 41.5 Å². The fraction of sp³-hybridized carbons (Fsp3) is 0.455. The van der Waals surface area contributed by atoms with Crippen LogP contribution in [0.25, 0.3) is 0 Å². The Morgan fingerprint density at radius 2 is 2.11 bits per heavy atom. The van der Waals surface area contributed by atoms with Crippen LogP contribution < -0.4 is 5.43 Å². The minimum atomic E-state index is -0.438. The molecule has 0 aliphatic heterocycles. The molecular weight excluding hydrogens is 448 g/mol. The van der Waals surface area contributed by atoms with E-state index in [1.54, 1.807) is 11.3 Å². The van der Waals surface area contributed by atoms with Gasteiger partial charge in [0.25, 0.3) is 0 Å². The number of hydrogen-bond donors (Lipinski definition) is 1. The Labute approximate surface area is 135 Å². The van der Waals surface area contributed by atoms with Gasteiger partial charge < -0.3 is 0 Å². The van der Waals surface area contributed by atoms with Gasteiger partial charge in [-0.1, -0.05) is 31.9 Å². The second-order valence-corrected chi connectivity index (χ2v) is 10.7. The highest BCUT2D eigenvalue weighted by Crippen LogP contribution is 2.66. The number of halogens is 3. The van der Waals surface area contributed by atoms with Crippen molar-refractivity contribution >= 4 is 70.7 Å². The van der Waals surface area contributed by atoms with Crippen LogP contribution in [0.4, 0.5) is 0 Å². The van der Waals surface area contributed by atoms with Gasteiger partial charge in [-0.25, -0.2) is 5.43 Å². The molecule has 1 aliphatic rings. The number of alkyl halides is 2. The average Bonchev–Trinajstić information content (AvgIpc) is 2.63. The lowest BCUT2D eigenvalue weighted by molar-refractivity contribution is -0.125. The van der Waals surface area contributed by atoms with Gasteiger partial charge in [-0.05, 0) is 48.3 Å². The van der Waals surface area contributed by atoms with Crippen LogP contribution in [0.5, 0.6) is 0 Å². The maximum atomic E-state index is 12.0. The molecule has 0 unspecified atom stereocenters. The fourth-order valence-electron chi connectivity index (χ4n) is 1.47. The van der Waals surface area contributed by atoms with E-state index >= 15 is 0 Å². The first-order valence-electron chi connectivity index (χ1n) is 5.24. The molecule has 18 heavy (non-hydrogen) atoms. The lowest BCUT2D eigenvalue weighted by Crippen LogP contribution is -2.30. The molecule has 2 rings (SSSR count). The smallest absolute Gasteiger partial charge is 0.248 e. The molecule has 1 aliphatic carbocycles. The molecule has 98 valence electrons. The average molecular weight is 459 g/mol. The van der Waals surface area contributed by atoms with Crippen LogP contribution >= 0.6 is 59.1 Å². The van der Waals surface area contributed by atoms with Crippen LogP contribution in [0.3, 0.4) is 0 Å². The summed E-state index contributed by atoms with van der Waals surface area (Å²) in [5.41, 5.74) is 2.99. The van der Waals surface area contributed by atoms with Gasteiger partial charge in [-0.15, -0.1) is 11.3 Å². The van der Waals surface area contributed by atoms with Gasteiger partial charge in [0.2, 0.25) is 5.91 Å². The Bertz CT molecular complexity index is 526. The minimum absolute atomic E-state index is 0.0776. The Balaban J connectivity index is 2.02. The number of hydrogen-bond acceptors (Lipinski definition) is 3. The number of nitrogens with one attached hydrogen (secondary N) is 1. The first-order valence-corrected chi connectivity index (χ1v) is 8.44. The van der Waals surface area contributed by atoms with Gasteiger partial charge in [0.05, 0.1) is 23.0 Å². The Kier molecular flexibility index (Phi) is 4.07. The summed E-state index contributed by atoms with van der Waals surface area (Å²) in [6.07, 6.45) is 0.755. The predicted octanol–water partition coefficient (Wildman–Crippen LogP) is 4.25. The summed E-state index contributed by atoms with van der Waals surface area (Å²) in [4.78, 5) is 13.0. The third kappa shape index (κ3) is 2.73. The van der Waals surface area contributed by atoms with E-state index < -0.39 is 5.41 Å². The molecule has 7 heteroatoms. The van der Waals surface area contributed by atoms with Crippen molar-refractivity contribution < 1.29 is 4.79 Å². The molecule has 1 aromatic rings. The van der Waals surface area contributed by atoms with Crippen molar-refractivity contribution in [3.63, 3.8) is 0 Å². The van der Waals surface area contributed by atoms with Crippen molar-refractivity contribution in [3.8, 4) is 0 Å². The molecule has 1 heterocycles. The van der Waals surface area contributed by atoms with Crippen molar-refractivity contribution in [1.29, 1.82) is 0 Å². The van der Waals surface area contributed by atoms with E-state index in [4.69, 9.17) is 0 Å². The largest absolute Gasteiger partial charge is 0.272 e. The van der Waals surface area contributed by atoms with Crippen molar-refractivity contribution in [2.24, 2.45) is 10.5 Å². The second kappa shape index (κ2) is 5.00. The molecule has 0 bridgehead atoms. The third-order valence-electron chi connectivity index (χ3n) is 3.01. The molecule has 0 aromatic carbocycles. The van der Waals surface area contributed by atoms with E-state index in [2.05, 4.69) is 58.3 Å². The molecule has 1 N–H and O–H groups in total. The number of hydrazone groups is 1. The van der Waals surface area contributed by atoms with E-state index in [1.807, 2.05) is 26.0 Å². The number of rotatable bonds is 3. The normalized spacial score (nSPS) is 25.9. The number of amides is 1. The summed E-state index contributed by atoms with van der Waals surface area (Å²) in [5, 5.41) is 4.14. The van der Waals surface area contributed by atoms with Crippen LogP contribution in [0.15, 0.2) is 21.0 Å². The molecule has 1 saturated carbocycles. The third-order valence-corrected chi connectivity index (χ3v) is 7.06. The number of carbonyl (C=O) groups excluding carboxylic acids is 1. The summed E-state index contributed by atoms with van der Waals surface area (Å²) in [5.74, 6) is -0.0776. The summed E-state index contributed by atoms with van der Waals surface area (Å²) in [6.45, 7) is 3.78. The quantitative estimate of drug-likeness (QED) is 0.410. The maximum Gasteiger partial charge on any atom is 0.248 e. The van der Waals surface area contributed by atoms with E-state index in [1.165, 1.54) is 0 Å². The first-order chi connectivity index (χ1) is 8.26. The first kappa shape index (κ1) is 14.7. The van der Waals surface area contributed by atoms with Crippen molar-refractivity contribution in [1.82, 2.24) is 5.43 Å². The summed E-state index contributed by atoms with van der Waals surface area (Å²) in [6, 6.07) is 3.93. The van der Waals surface area contributed by atoms with Crippen LogP contribution in [-0.4, -0.2) is 14.9 Å². The molecule has 0 radical (unpaired) electrons. The molecule has 0 spiro atoms. The standard InChI is InChI=1S/C11H11Br3N2OS/c1-6(7-3-4-8(12)18-7)15-16-9(17)10(2)5-11(10,13)14/h3-4H,5H2,1-2H3,(H,16,17)/b15-6-/t10-/m0/s1. The number of nitrogens with zero attached hydrogens (tertiary/aromatic N) is 1. The van der Waals surface area contributed by atoms with Crippen LogP contribution in [0, 0.1) is 5.41 Å². The highest BCUT2D eigenvalue weighted by molar-refractivity contribution is 9.25. The number of carbonyl (C=O) groups is 1. The maximum absolute atomic E-state index is 12.0. The van der Waals surface area contributed by atoms with E-state index in [9.17, 15) is 4.79 Å². The Morgan fingerprint density at radius 1 is 1.50 bits per heavy atom. The van der Waals surface area contributed by atoms with Gasteiger partial charge in [0.15, 0.2) is 0 Å². The molecule has 1 aromatic heterocycles. The lowest BCUT2D eigenvalue weighted by atomic mass is 10.1. The molecule has 3 nitrogen and oxygen atoms in total. The van der Waals surface area contributed by atoms with E-state index in [0.717, 1.165) is 20.8 Å². The summed E-state index contributed by atoms with van der Waals surface area (Å²) >= 11 is 11.9. The zero-order valence-corrected chi connectivity index (χ0v) is 15.3. The van der Waals surface area contributed by atoms with Crippen molar-refractivity contribution in [3.05, 3.63) is 20.8 Å².